The van der Waals surface area contributed by atoms with Crippen LogP contribution in [0.25, 0.3) is 0 Å². The summed E-state index contributed by atoms with van der Waals surface area (Å²) in [5.74, 6) is 0. The summed E-state index contributed by atoms with van der Waals surface area (Å²) in [7, 11) is 0. The maximum absolute atomic E-state index is 5.32. The molecule has 2 nitrogen and oxygen atoms in total. The van der Waals surface area contributed by atoms with E-state index in [4.69, 9.17) is 9.47 Å². The van der Waals surface area contributed by atoms with Gasteiger partial charge in [-0.1, -0.05) is 12.1 Å². The average molecular weight is 190 g/mol. The standard InChI is InChI=1S/C12H14O2/c1-7-3-10(12-6-14-12)8(2)4-9(7)11-5-13-11/h3-4,11-12H,5-6H2,1-2H3. The number of epoxide rings is 2. The highest BCUT2D eigenvalue weighted by Gasteiger charge is 2.30. The molecule has 0 bridgehead atoms. The fourth-order valence-corrected chi connectivity index (χ4v) is 2.01. The van der Waals surface area contributed by atoms with E-state index in [9.17, 15) is 0 Å². The van der Waals surface area contributed by atoms with Crippen molar-refractivity contribution in [1.82, 2.24) is 0 Å². The summed E-state index contributed by atoms with van der Waals surface area (Å²) in [4.78, 5) is 0. The van der Waals surface area contributed by atoms with E-state index in [1.165, 1.54) is 22.3 Å². The van der Waals surface area contributed by atoms with Crippen molar-refractivity contribution in [2.75, 3.05) is 13.2 Å². The Morgan fingerprint density at radius 2 is 1.29 bits per heavy atom. The predicted octanol–water partition coefficient (Wildman–Crippen LogP) is 2.45. The third-order valence-corrected chi connectivity index (χ3v) is 3.02. The first-order valence-electron chi connectivity index (χ1n) is 5.10. The molecule has 2 heteroatoms. The summed E-state index contributed by atoms with van der Waals surface area (Å²) in [6.45, 7) is 6.09. The molecular weight excluding hydrogens is 176 g/mol. The first-order chi connectivity index (χ1) is 6.75. The normalized spacial score (nSPS) is 29.0. The van der Waals surface area contributed by atoms with Crippen LogP contribution in [0.4, 0.5) is 0 Å². The molecule has 1 aromatic carbocycles. The Hall–Kier alpha value is -0.860. The Morgan fingerprint density at radius 1 is 0.929 bits per heavy atom. The zero-order chi connectivity index (χ0) is 9.71. The topological polar surface area (TPSA) is 25.1 Å². The predicted molar refractivity (Wildman–Crippen MR) is 53.3 cm³/mol. The highest BCUT2D eigenvalue weighted by molar-refractivity contribution is 5.41. The fourth-order valence-electron chi connectivity index (χ4n) is 2.01. The summed E-state index contributed by atoms with van der Waals surface area (Å²) in [5.41, 5.74) is 5.38. The second kappa shape index (κ2) is 2.81. The van der Waals surface area contributed by atoms with Crippen molar-refractivity contribution in [3.05, 3.63) is 34.4 Å². The van der Waals surface area contributed by atoms with Crippen molar-refractivity contribution in [2.45, 2.75) is 26.1 Å². The van der Waals surface area contributed by atoms with Crippen LogP contribution in [-0.4, -0.2) is 13.2 Å². The SMILES string of the molecule is Cc1cc(C2CO2)c(C)cc1C1CO1. The van der Waals surface area contributed by atoms with Crippen LogP contribution >= 0.6 is 0 Å². The van der Waals surface area contributed by atoms with Crippen LogP contribution in [0, 0.1) is 13.8 Å². The van der Waals surface area contributed by atoms with Crippen molar-refractivity contribution in [3.8, 4) is 0 Å². The first-order valence-corrected chi connectivity index (χ1v) is 5.10. The van der Waals surface area contributed by atoms with Crippen molar-refractivity contribution in [1.29, 1.82) is 0 Å². The van der Waals surface area contributed by atoms with Gasteiger partial charge in [0.2, 0.25) is 0 Å². The zero-order valence-electron chi connectivity index (χ0n) is 8.54. The van der Waals surface area contributed by atoms with E-state index in [1.807, 2.05) is 0 Å². The van der Waals surface area contributed by atoms with E-state index in [-0.39, 0.29) is 0 Å². The molecule has 0 amide bonds. The highest BCUT2D eigenvalue weighted by Crippen LogP contribution is 2.38. The van der Waals surface area contributed by atoms with Gasteiger partial charge in [0.1, 0.15) is 12.2 Å². The lowest BCUT2D eigenvalue weighted by Gasteiger charge is -2.08. The lowest BCUT2D eigenvalue weighted by Crippen LogP contribution is -1.94. The van der Waals surface area contributed by atoms with E-state index < -0.39 is 0 Å². The van der Waals surface area contributed by atoms with Gasteiger partial charge < -0.3 is 9.47 Å². The molecule has 74 valence electrons. The van der Waals surface area contributed by atoms with Crippen LogP contribution in [0.3, 0.4) is 0 Å². The molecule has 14 heavy (non-hydrogen) atoms. The largest absolute Gasteiger partial charge is 0.368 e. The number of benzene rings is 1. The molecule has 1 aromatic rings. The Balaban J connectivity index is 2.03. The minimum absolute atomic E-state index is 0.364. The minimum atomic E-state index is 0.364. The molecular formula is C12H14O2. The maximum Gasteiger partial charge on any atom is 0.106 e. The molecule has 2 saturated heterocycles. The Morgan fingerprint density at radius 3 is 1.57 bits per heavy atom. The average Bonchev–Trinajstić information content (AvgIpc) is 3.03. The van der Waals surface area contributed by atoms with Gasteiger partial charge in [0.15, 0.2) is 0 Å². The van der Waals surface area contributed by atoms with E-state index in [0.29, 0.717) is 12.2 Å². The summed E-state index contributed by atoms with van der Waals surface area (Å²) < 4.78 is 10.6. The van der Waals surface area contributed by atoms with Gasteiger partial charge in [0.25, 0.3) is 0 Å². The Bertz CT molecular complexity index is 338. The second-order valence-corrected chi connectivity index (χ2v) is 4.21. The molecule has 0 N–H and O–H groups in total. The van der Waals surface area contributed by atoms with Gasteiger partial charge in [-0.3, -0.25) is 0 Å². The lowest BCUT2D eigenvalue weighted by molar-refractivity contribution is 0.411. The van der Waals surface area contributed by atoms with Crippen molar-refractivity contribution in [3.63, 3.8) is 0 Å². The van der Waals surface area contributed by atoms with Crippen molar-refractivity contribution < 1.29 is 9.47 Å². The third kappa shape index (κ3) is 1.35. The lowest BCUT2D eigenvalue weighted by atomic mass is 9.97. The molecule has 2 unspecified atom stereocenters. The van der Waals surface area contributed by atoms with Crippen LogP contribution in [-0.2, 0) is 9.47 Å². The summed E-state index contributed by atoms with van der Waals surface area (Å²) in [5, 5.41) is 0. The van der Waals surface area contributed by atoms with E-state index in [0.717, 1.165) is 13.2 Å². The van der Waals surface area contributed by atoms with Gasteiger partial charge in [-0.25, -0.2) is 0 Å². The molecule has 2 atom stereocenters. The molecule has 0 aromatic heterocycles. The number of hydrogen-bond acceptors (Lipinski definition) is 2. The third-order valence-electron chi connectivity index (χ3n) is 3.02. The van der Waals surface area contributed by atoms with Crippen LogP contribution < -0.4 is 0 Å². The zero-order valence-corrected chi connectivity index (χ0v) is 8.54. The monoisotopic (exact) mass is 190 g/mol. The highest BCUT2D eigenvalue weighted by atomic mass is 16.6. The number of rotatable bonds is 2. The van der Waals surface area contributed by atoms with Crippen LogP contribution in [0.5, 0.6) is 0 Å². The molecule has 2 aliphatic rings. The van der Waals surface area contributed by atoms with Crippen LogP contribution in [0.15, 0.2) is 12.1 Å². The van der Waals surface area contributed by atoms with Crippen molar-refractivity contribution in [2.24, 2.45) is 0 Å². The summed E-state index contributed by atoms with van der Waals surface area (Å²) >= 11 is 0. The van der Waals surface area contributed by atoms with Gasteiger partial charge in [0, 0.05) is 0 Å². The fraction of sp³-hybridized carbons (Fsp3) is 0.500. The Labute approximate surface area is 83.8 Å². The maximum atomic E-state index is 5.32. The number of hydrogen-bond donors (Lipinski definition) is 0. The molecule has 0 radical (unpaired) electrons. The number of aryl methyl sites for hydroxylation is 2. The van der Waals surface area contributed by atoms with Gasteiger partial charge in [0.05, 0.1) is 13.2 Å². The molecule has 2 aliphatic heterocycles. The van der Waals surface area contributed by atoms with E-state index >= 15 is 0 Å². The van der Waals surface area contributed by atoms with Crippen LogP contribution in [0.1, 0.15) is 34.5 Å². The van der Waals surface area contributed by atoms with Gasteiger partial charge in [-0.05, 0) is 36.1 Å². The molecule has 3 rings (SSSR count). The molecule has 0 spiro atoms. The van der Waals surface area contributed by atoms with Crippen LogP contribution in [0.2, 0.25) is 0 Å². The second-order valence-electron chi connectivity index (χ2n) is 4.21. The van der Waals surface area contributed by atoms with Gasteiger partial charge in [-0.2, -0.15) is 0 Å². The van der Waals surface area contributed by atoms with E-state index in [2.05, 4.69) is 26.0 Å². The molecule has 0 saturated carbocycles. The van der Waals surface area contributed by atoms with Gasteiger partial charge >= 0.3 is 0 Å². The summed E-state index contributed by atoms with van der Waals surface area (Å²) in [6.07, 6.45) is 0.728. The molecule has 0 aliphatic carbocycles. The number of ether oxygens (including phenoxy) is 2. The quantitative estimate of drug-likeness (QED) is 0.669. The molecule has 2 fully saturated rings. The minimum Gasteiger partial charge on any atom is -0.368 e. The summed E-state index contributed by atoms with van der Waals surface area (Å²) in [6, 6.07) is 4.51. The smallest absolute Gasteiger partial charge is 0.106 e. The first kappa shape index (κ1) is 8.45. The van der Waals surface area contributed by atoms with Gasteiger partial charge in [-0.15, -0.1) is 0 Å². The molecule has 2 heterocycles. The van der Waals surface area contributed by atoms with E-state index in [1.54, 1.807) is 0 Å². The Kier molecular flexibility index (Phi) is 1.70. The van der Waals surface area contributed by atoms with Crippen molar-refractivity contribution >= 4 is 0 Å².